The maximum absolute atomic E-state index is 12.9. The number of aromatic nitrogens is 2. The van der Waals surface area contributed by atoms with Gasteiger partial charge in [-0.1, -0.05) is 22.6 Å². The Morgan fingerprint density at radius 1 is 1.20 bits per heavy atom. The number of amides is 1. The summed E-state index contributed by atoms with van der Waals surface area (Å²) in [4.78, 5) is 21.4. The van der Waals surface area contributed by atoms with Crippen LogP contribution in [0.1, 0.15) is 27.4 Å². The van der Waals surface area contributed by atoms with E-state index in [1.807, 2.05) is 19.0 Å². The van der Waals surface area contributed by atoms with Crippen molar-refractivity contribution in [3.8, 4) is 0 Å². The summed E-state index contributed by atoms with van der Waals surface area (Å²) in [7, 11) is 3.96. The summed E-state index contributed by atoms with van der Waals surface area (Å²) < 4.78 is 6.25. The molecule has 0 N–H and O–H groups in total. The van der Waals surface area contributed by atoms with Crippen LogP contribution in [-0.4, -0.2) is 48.1 Å². The Bertz CT molecular complexity index is 913. The number of carbonyl (C=O) groups is 1. The molecule has 0 fully saturated rings. The highest BCUT2D eigenvalue weighted by molar-refractivity contribution is 7.22. The fraction of sp³-hybridized carbons (Fsp3) is 0.389. The van der Waals surface area contributed by atoms with Crippen molar-refractivity contribution >= 4 is 32.6 Å². The number of hydrogen-bond acceptors (Lipinski definition) is 6. The van der Waals surface area contributed by atoms with Gasteiger partial charge in [-0.05, 0) is 52.1 Å². The number of anilines is 1. The van der Waals surface area contributed by atoms with Crippen molar-refractivity contribution in [2.24, 2.45) is 0 Å². The van der Waals surface area contributed by atoms with E-state index in [-0.39, 0.29) is 11.7 Å². The summed E-state index contributed by atoms with van der Waals surface area (Å²) in [5, 5.41) is 4.51. The quantitative estimate of drug-likeness (QED) is 0.699. The molecule has 6 nitrogen and oxygen atoms in total. The second-order valence-corrected chi connectivity index (χ2v) is 7.45. The largest absolute Gasteiger partial charge is 0.351 e. The van der Waals surface area contributed by atoms with Gasteiger partial charge in [-0.15, -0.1) is 0 Å². The molecule has 0 aliphatic rings. The second kappa shape index (κ2) is 6.93. The Kier molecular flexibility index (Phi) is 4.87. The predicted octanol–water partition coefficient (Wildman–Crippen LogP) is 3.42. The van der Waals surface area contributed by atoms with Crippen LogP contribution < -0.4 is 4.90 Å². The molecule has 7 heteroatoms. The highest BCUT2D eigenvalue weighted by Gasteiger charge is 2.25. The zero-order valence-electron chi connectivity index (χ0n) is 15.2. The lowest BCUT2D eigenvalue weighted by Crippen LogP contribution is -2.36. The van der Waals surface area contributed by atoms with Crippen LogP contribution in [0.15, 0.2) is 22.7 Å². The van der Waals surface area contributed by atoms with E-state index in [0.717, 1.165) is 22.3 Å². The van der Waals surface area contributed by atoms with Crippen molar-refractivity contribution in [1.29, 1.82) is 0 Å². The van der Waals surface area contributed by atoms with Gasteiger partial charge in [0, 0.05) is 19.2 Å². The summed E-state index contributed by atoms with van der Waals surface area (Å²) >= 11 is 1.52. The first-order valence-electron chi connectivity index (χ1n) is 8.13. The molecule has 0 radical (unpaired) electrons. The van der Waals surface area contributed by atoms with Gasteiger partial charge in [0.1, 0.15) is 0 Å². The van der Waals surface area contributed by atoms with Crippen LogP contribution in [0.25, 0.3) is 10.2 Å². The summed E-state index contributed by atoms with van der Waals surface area (Å²) in [6, 6.07) is 5.81. The molecule has 3 rings (SSSR count). The molecule has 0 aliphatic heterocycles. The highest BCUT2D eigenvalue weighted by atomic mass is 32.1. The van der Waals surface area contributed by atoms with Crippen molar-refractivity contribution in [1.82, 2.24) is 15.0 Å². The second-order valence-electron chi connectivity index (χ2n) is 6.44. The molecule has 0 atom stereocenters. The molecular weight excluding hydrogens is 336 g/mol. The Labute approximate surface area is 151 Å². The van der Waals surface area contributed by atoms with Gasteiger partial charge in [-0.25, -0.2) is 4.98 Å². The monoisotopic (exact) mass is 358 g/mol. The smallest absolute Gasteiger partial charge is 0.298 e. The van der Waals surface area contributed by atoms with E-state index in [2.05, 4.69) is 31.1 Å². The van der Waals surface area contributed by atoms with Crippen LogP contribution in [0.5, 0.6) is 0 Å². The maximum atomic E-state index is 12.9. The molecule has 132 valence electrons. The van der Waals surface area contributed by atoms with Gasteiger partial charge in [-0.2, -0.15) is 0 Å². The molecule has 1 aromatic carbocycles. The first-order valence-corrected chi connectivity index (χ1v) is 8.95. The van der Waals surface area contributed by atoms with Crippen LogP contribution in [0.3, 0.4) is 0 Å². The van der Waals surface area contributed by atoms with Crippen LogP contribution >= 0.6 is 11.3 Å². The van der Waals surface area contributed by atoms with E-state index >= 15 is 0 Å². The van der Waals surface area contributed by atoms with E-state index in [1.54, 1.807) is 17.9 Å². The Balaban J connectivity index is 2.01. The van der Waals surface area contributed by atoms with E-state index in [1.165, 1.54) is 16.9 Å². The number of fused-ring (bicyclic) bond motifs is 1. The maximum Gasteiger partial charge on any atom is 0.298 e. The van der Waals surface area contributed by atoms with E-state index in [9.17, 15) is 4.79 Å². The van der Waals surface area contributed by atoms with Crippen molar-refractivity contribution in [3.63, 3.8) is 0 Å². The summed E-state index contributed by atoms with van der Waals surface area (Å²) in [5.74, 6) is 0.0271. The molecule has 0 aliphatic carbocycles. The third-order valence-corrected chi connectivity index (χ3v) is 5.20. The van der Waals surface area contributed by atoms with Gasteiger partial charge in [0.15, 0.2) is 5.13 Å². The number of nitrogens with zero attached hydrogens (tertiary/aromatic N) is 4. The molecule has 2 heterocycles. The standard InChI is InChI=1S/C18H22N4O2S/c1-11-6-7-15-16(13(11)3)19-18(25-15)22(9-8-21(4)5)17(23)14-10-12(2)20-24-14/h6-7,10H,8-9H2,1-5H3. The third-order valence-electron chi connectivity index (χ3n) is 4.16. The average molecular weight is 358 g/mol. The number of benzene rings is 1. The van der Waals surface area contributed by atoms with Crippen LogP contribution in [0.2, 0.25) is 0 Å². The molecule has 0 saturated heterocycles. The van der Waals surface area contributed by atoms with Gasteiger partial charge in [0.25, 0.3) is 5.91 Å². The van der Waals surface area contributed by atoms with E-state index < -0.39 is 0 Å². The topological polar surface area (TPSA) is 62.5 Å². The van der Waals surface area contributed by atoms with Crippen molar-refractivity contribution < 1.29 is 9.32 Å². The van der Waals surface area contributed by atoms with Gasteiger partial charge >= 0.3 is 0 Å². The number of rotatable bonds is 5. The molecule has 0 unspecified atom stereocenters. The van der Waals surface area contributed by atoms with Gasteiger partial charge < -0.3 is 9.42 Å². The Hall–Kier alpha value is -2.25. The molecule has 2 aromatic heterocycles. The molecular formula is C18H22N4O2S. The van der Waals surface area contributed by atoms with Gasteiger partial charge in [-0.3, -0.25) is 9.69 Å². The lowest BCUT2D eigenvalue weighted by molar-refractivity contribution is 0.0949. The minimum atomic E-state index is -0.212. The zero-order valence-corrected chi connectivity index (χ0v) is 16.0. The first kappa shape index (κ1) is 17.6. The minimum Gasteiger partial charge on any atom is -0.351 e. The van der Waals surface area contributed by atoms with Crippen LogP contribution in [-0.2, 0) is 0 Å². The van der Waals surface area contributed by atoms with E-state index in [0.29, 0.717) is 17.4 Å². The lowest BCUT2D eigenvalue weighted by atomic mass is 10.1. The number of carbonyl (C=O) groups excluding carboxylic acids is 1. The SMILES string of the molecule is Cc1cc(C(=O)N(CCN(C)C)c2nc3c(C)c(C)ccc3s2)on1. The first-order chi connectivity index (χ1) is 11.9. The summed E-state index contributed by atoms with van der Waals surface area (Å²) in [6.45, 7) is 7.19. The minimum absolute atomic E-state index is 0.212. The summed E-state index contributed by atoms with van der Waals surface area (Å²) in [6.07, 6.45) is 0. The molecule has 1 amide bonds. The van der Waals surface area contributed by atoms with E-state index in [4.69, 9.17) is 9.51 Å². The van der Waals surface area contributed by atoms with Gasteiger partial charge in [0.05, 0.1) is 15.9 Å². The van der Waals surface area contributed by atoms with Crippen molar-refractivity contribution in [3.05, 3.63) is 40.8 Å². The summed E-state index contributed by atoms with van der Waals surface area (Å²) in [5.41, 5.74) is 3.99. The van der Waals surface area contributed by atoms with Crippen molar-refractivity contribution in [2.75, 3.05) is 32.1 Å². The average Bonchev–Trinajstić information content (AvgIpc) is 3.17. The number of aryl methyl sites for hydroxylation is 3. The molecule has 0 saturated carbocycles. The molecule has 0 spiro atoms. The number of thiazole rings is 1. The molecule has 0 bridgehead atoms. The molecule has 3 aromatic rings. The lowest BCUT2D eigenvalue weighted by Gasteiger charge is -2.20. The van der Waals surface area contributed by atoms with Crippen molar-refractivity contribution in [2.45, 2.75) is 20.8 Å². The number of hydrogen-bond donors (Lipinski definition) is 0. The van der Waals surface area contributed by atoms with Crippen LogP contribution in [0.4, 0.5) is 5.13 Å². The highest BCUT2D eigenvalue weighted by Crippen LogP contribution is 2.32. The fourth-order valence-corrected chi connectivity index (χ4v) is 3.56. The predicted molar refractivity (Wildman–Crippen MR) is 101 cm³/mol. The van der Waals surface area contributed by atoms with Gasteiger partial charge in [0.2, 0.25) is 5.76 Å². The fourth-order valence-electron chi connectivity index (χ4n) is 2.51. The number of likely N-dealkylation sites (N-methyl/N-ethyl adjacent to an activating group) is 1. The normalized spacial score (nSPS) is 11.4. The third kappa shape index (κ3) is 3.57. The molecule has 25 heavy (non-hydrogen) atoms. The Morgan fingerprint density at radius 3 is 2.60 bits per heavy atom. The zero-order chi connectivity index (χ0) is 18.1. The Morgan fingerprint density at radius 2 is 1.96 bits per heavy atom. The van der Waals surface area contributed by atoms with Crippen LogP contribution in [0, 0.1) is 20.8 Å².